The van der Waals surface area contributed by atoms with Gasteiger partial charge in [-0.05, 0) is 19.3 Å². The summed E-state index contributed by atoms with van der Waals surface area (Å²) < 4.78 is 0. The van der Waals surface area contributed by atoms with E-state index < -0.39 is 0 Å². The lowest BCUT2D eigenvalue weighted by atomic mass is 9.95. The number of hydrogen-bond acceptors (Lipinski definition) is 5. The largest absolute Gasteiger partial charge is 0.396 e. The molecule has 0 bridgehead atoms. The quantitative estimate of drug-likeness (QED) is 0.721. The monoisotopic (exact) mass is 294 g/mol. The smallest absolute Gasteiger partial charge is 0.138 e. The van der Waals surface area contributed by atoms with Gasteiger partial charge in [0, 0.05) is 30.7 Å². The van der Waals surface area contributed by atoms with Gasteiger partial charge >= 0.3 is 0 Å². The molecular weight excluding hydrogens is 264 g/mol. The first-order valence-electron chi connectivity index (χ1n) is 7.78. The second-order valence-electron chi connectivity index (χ2n) is 6.75. The zero-order chi connectivity index (χ0) is 16.0. The van der Waals surface area contributed by atoms with Crippen LogP contribution in [0.4, 0.5) is 11.6 Å². The zero-order valence-corrected chi connectivity index (χ0v) is 14.2. The van der Waals surface area contributed by atoms with Crippen molar-refractivity contribution in [2.45, 2.75) is 59.4 Å². The van der Waals surface area contributed by atoms with Crippen molar-refractivity contribution in [3.8, 4) is 0 Å². The Hall–Kier alpha value is -1.36. The van der Waals surface area contributed by atoms with Gasteiger partial charge in [-0.3, -0.25) is 0 Å². The molecule has 3 N–H and O–H groups in total. The summed E-state index contributed by atoms with van der Waals surface area (Å²) in [5.74, 6) is 2.90. The Morgan fingerprint density at radius 3 is 2.29 bits per heavy atom. The summed E-state index contributed by atoms with van der Waals surface area (Å²) >= 11 is 0. The Balaban J connectivity index is 3.07. The lowest BCUT2D eigenvalue weighted by Crippen LogP contribution is -2.28. The molecule has 0 saturated heterocycles. The molecule has 0 fully saturated rings. The fraction of sp³-hybridized carbons (Fsp3) is 0.750. The van der Waals surface area contributed by atoms with Gasteiger partial charge in [-0.25, -0.2) is 9.97 Å². The summed E-state index contributed by atoms with van der Waals surface area (Å²) in [5, 5.41) is 15.9. The molecule has 1 aromatic rings. The Kier molecular flexibility index (Phi) is 6.40. The Morgan fingerprint density at radius 1 is 1.19 bits per heavy atom. The van der Waals surface area contributed by atoms with Crippen LogP contribution in [0.5, 0.6) is 0 Å². The van der Waals surface area contributed by atoms with Crippen LogP contribution in [0.15, 0.2) is 6.07 Å². The number of nitrogens with zero attached hydrogens (tertiary/aromatic N) is 2. The third kappa shape index (κ3) is 5.50. The third-order valence-corrected chi connectivity index (χ3v) is 3.33. The summed E-state index contributed by atoms with van der Waals surface area (Å²) in [6, 6.07) is 2.14. The van der Waals surface area contributed by atoms with Crippen molar-refractivity contribution in [1.82, 2.24) is 9.97 Å². The second-order valence-corrected chi connectivity index (χ2v) is 6.75. The second kappa shape index (κ2) is 7.59. The van der Waals surface area contributed by atoms with Crippen molar-refractivity contribution >= 4 is 11.6 Å². The van der Waals surface area contributed by atoms with Gasteiger partial charge in [0.25, 0.3) is 0 Å². The molecule has 0 saturated carbocycles. The van der Waals surface area contributed by atoms with Gasteiger partial charge in [0.1, 0.15) is 17.5 Å². The van der Waals surface area contributed by atoms with Gasteiger partial charge in [0.05, 0.1) is 0 Å². The molecular formula is C16H30N4O. The van der Waals surface area contributed by atoms with Crippen LogP contribution in [-0.4, -0.2) is 34.3 Å². The number of hydrogen-bond donors (Lipinski definition) is 3. The van der Waals surface area contributed by atoms with Gasteiger partial charge in [0.15, 0.2) is 0 Å². The Bertz CT molecular complexity index is 440. The zero-order valence-electron chi connectivity index (χ0n) is 14.2. The van der Waals surface area contributed by atoms with Gasteiger partial charge < -0.3 is 15.7 Å². The molecule has 0 aromatic carbocycles. The number of aliphatic hydroxyl groups is 1. The van der Waals surface area contributed by atoms with Crippen LogP contribution >= 0.6 is 0 Å². The van der Waals surface area contributed by atoms with E-state index in [9.17, 15) is 5.11 Å². The maximum atomic E-state index is 9.20. The van der Waals surface area contributed by atoms with E-state index in [2.05, 4.69) is 62.1 Å². The molecule has 0 aliphatic carbocycles. The molecule has 5 heteroatoms. The van der Waals surface area contributed by atoms with E-state index in [0.717, 1.165) is 24.0 Å². The molecule has 0 amide bonds. The van der Waals surface area contributed by atoms with Crippen LogP contribution in [0.2, 0.25) is 0 Å². The molecule has 0 aliphatic heterocycles. The van der Waals surface area contributed by atoms with E-state index in [1.54, 1.807) is 0 Å². The Labute approximate surface area is 128 Å². The maximum absolute atomic E-state index is 9.20. The van der Waals surface area contributed by atoms with Gasteiger partial charge in [-0.15, -0.1) is 0 Å². The van der Waals surface area contributed by atoms with Crippen molar-refractivity contribution in [3.63, 3.8) is 0 Å². The molecule has 0 radical (unpaired) electrons. The molecule has 1 aromatic heterocycles. The van der Waals surface area contributed by atoms with Crippen LogP contribution in [0.3, 0.4) is 0 Å². The minimum Gasteiger partial charge on any atom is -0.396 e. The average Bonchev–Trinajstić information content (AvgIpc) is 2.37. The highest BCUT2D eigenvalue weighted by Crippen LogP contribution is 2.23. The molecule has 1 rings (SSSR count). The van der Waals surface area contributed by atoms with Crippen LogP contribution in [-0.2, 0) is 5.41 Å². The van der Waals surface area contributed by atoms with Gasteiger partial charge in [-0.1, -0.05) is 34.6 Å². The molecule has 21 heavy (non-hydrogen) atoms. The lowest BCUT2D eigenvalue weighted by Gasteiger charge is -2.24. The van der Waals surface area contributed by atoms with E-state index in [-0.39, 0.29) is 18.1 Å². The lowest BCUT2D eigenvalue weighted by molar-refractivity contribution is 0.267. The molecule has 1 unspecified atom stereocenters. The van der Waals surface area contributed by atoms with Crippen molar-refractivity contribution in [2.75, 3.05) is 23.8 Å². The molecule has 0 aliphatic rings. The predicted octanol–water partition coefficient (Wildman–Crippen LogP) is 3.02. The van der Waals surface area contributed by atoms with Crippen LogP contribution in [0.25, 0.3) is 0 Å². The topological polar surface area (TPSA) is 70.1 Å². The summed E-state index contributed by atoms with van der Waals surface area (Å²) in [5.41, 5.74) is -0.105. The number of nitrogens with one attached hydrogen (secondary N) is 2. The van der Waals surface area contributed by atoms with E-state index >= 15 is 0 Å². The number of aliphatic hydroxyl groups excluding tert-OH is 1. The van der Waals surface area contributed by atoms with E-state index in [1.807, 2.05) is 6.07 Å². The normalized spacial score (nSPS) is 13.3. The van der Waals surface area contributed by atoms with Crippen LogP contribution in [0, 0.1) is 5.92 Å². The first-order chi connectivity index (χ1) is 9.77. The SMILES string of the molecule is CCNc1cc(NC(CCO)C(C)C)nc(C(C)(C)C)n1. The van der Waals surface area contributed by atoms with Crippen molar-refractivity contribution < 1.29 is 5.11 Å². The average molecular weight is 294 g/mol. The molecule has 120 valence electrons. The molecule has 1 heterocycles. The van der Waals surface area contributed by atoms with E-state index in [1.165, 1.54) is 0 Å². The predicted molar refractivity (Wildman–Crippen MR) is 88.8 cm³/mol. The van der Waals surface area contributed by atoms with E-state index in [4.69, 9.17) is 0 Å². The Morgan fingerprint density at radius 2 is 1.81 bits per heavy atom. The molecule has 5 nitrogen and oxygen atoms in total. The number of aromatic nitrogens is 2. The summed E-state index contributed by atoms with van der Waals surface area (Å²) in [6.45, 7) is 13.7. The maximum Gasteiger partial charge on any atom is 0.138 e. The van der Waals surface area contributed by atoms with Crippen molar-refractivity contribution in [2.24, 2.45) is 5.92 Å². The fourth-order valence-electron chi connectivity index (χ4n) is 2.03. The first kappa shape index (κ1) is 17.7. The number of anilines is 2. The summed E-state index contributed by atoms with van der Waals surface area (Å²) in [7, 11) is 0. The minimum absolute atomic E-state index is 0.105. The third-order valence-electron chi connectivity index (χ3n) is 3.33. The van der Waals surface area contributed by atoms with Gasteiger partial charge in [0.2, 0.25) is 0 Å². The van der Waals surface area contributed by atoms with E-state index in [0.29, 0.717) is 12.3 Å². The summed E-state index contributed by atoms with van der Waals surface area (Å²) in [4.78, 5) is 9.23. The van der Waals surface area contributed by atoms with Crippen LogP contribution in [0.1, 0.15) is 53.8 Å². The van der Waals surface area contributed by atoms with Crippen LogP contribution < -0.4 is 10.6 Å². The molecule has 0 spiro atoms. The number of rotatable bonds is 7. The van der Waals surface area contributed by atoms with Crippen molar-refractivity contribution in [3.05, 3.63) is 11.9 Å². The standard InChI is InChI=1S/C16H30N4O/c1-7-17-13-10-14(18-12(8-9-21)11(2)3)20-15(19-13)16(4,5)6/h10-12,21H,7-9H2,1-6H3,(H2,17,18,19,20). The van der Waals surface area contributed by atoms with Crippen molar-refractivity contribution in [1.29, 1.82) is 0 Å². The minimum atomic E-state index is -0.105. The highest BCUT2D eigenvalue weighted by Gasteiger charge is 2.20. The van der Waals surface area contributed by atoms with Gasteiger partial charge in [-0.2, -0.15) is 0 Å². The first-order valence-corrected chi connectivity index (χ1v) is 7.78. The highest BCUT2D eigenvalue weighted by atomic mass is 16.3. The fourth-order valence-corrected chi connectivity index (χ4v) is 2.03. The molecule has 1 atom stereocenters. The summed E-state index contributed by atoms with van der Waals surface area (Å²) in [6.07, 6.45) is 0.711. The highest BCUT2D eigenvalue weighted by molar-refractivity contribution is 5.48.